The Kier molecular flexibility index (Phi) is 2.72. The monoisotopic (exact) mass is 222 g/mol. The predicted molar refractivity (Wildman–Crippen MR) is 65.4 cm³/mol. The molecule has 0 aliphatic carbocycles. The molecule has 3 heteroatoms. The van der Waals surface area contributed by atoms with Gasteiger partial charge in [-0.15, -0.1) is 0 Å². The van der Waals surface area contributed by atoms with Gasteiger partial charge in [0.2, 0.25) is 0 Å². The highest BCUT2D eigenvalue weighted by molar-refractivity contribution is 6.32. The van der Waals surface area contributed by atoms with Crippen LogP contribution in [0, 0.1) is 6.92 Å². The first-order valence-corrected chi connectivity index (χ1v) is 5.48. The molecule has 1 aromatic heterocycles. The second kappa shape index (κ2) is 3.87. The van der Waals surface area contributed by atoms with Gasteiger partial charge in [0.05, 0.1) is 5.52 Å². The molecule has 1 atom stereocenters. The van der Waals surface area contributed by atoms with Crippen LogP contribution < -0.4 is 5.73 Å². The molecule has 0 radical (unpaired) electrons. The first-order chi connectivity index (χ1) is 7.08. The molecule has 0 fully saturated rings. The molecule has 0 aliphatic heterocycles. The molecule has 0 saturated heterocycles. The van der Waals surface area contributed by atoms with Crippen LogP contribution in [0.5, 0.6) is 0 Å². The van der Waals surface area contributed by atoms with Crippen LogP contribution in [-0.2, 0) is 6.42 Å². The molecule has 1 heterocycles. The Morgan fingerprint density at radius 3 is 2.87 bits per heavy atom. The summed E-state index contributed by atoms with van der Waals surface area (Å²) in [7, 11) is 0. The molecule has 2 aromatic rings. The van der Waals surface area contributed by atoms with Crippen LogP contribution in [-0.4, -0.2) is 11.0 Å². The first-order valence-electron chi connectivity index (χ1n) is 5.10. The van der Waals surface area contributed by atoms with Gasteiger partial charge in [-0.3, -0.25) is 0 Å². The van der Waals surface area contributed by atoms with Crippen LogP contribution in [0.15, 0.2) is 18.2 Å². The number of benzene rings is 1. The zero-order valence-electron chi connectivity index (χ0n) is 8.97. The Morgan fingerprint density at radius 2 is 2.20 bits per heavy atom. The summed E-state index contributed by atoms with van der Waals surface area (Å²) in [6.07, 6.45) is 0.867. The Hall–Kier alpha value is -0.990. The van der Waals surface area contributed by atoms with E-state index in [-0.39, 0.29) is 6.04 Å². The van der Waals surface area contributed by atoms with Crippen LogP contribution >= 0.6 is 11.6 Å². The van der Waals surface area contributed by atoms with Gasteiger partial charge in [0.1, 0.15) is 0 Å². The highest BCUT2D eigenvalue weighted by Gasteiger charge is 2.06. The van der Waals surface area contributed by atoms with Gasteiger partial charge in [-0.1, -0.05) is 17.7 Å². The molecule has 2 rings (SSSR count). The van der Waals surface area contributed by atoms with Gasteiger partial charge >= 0.3 is 0 Å². The third-order valence-electron chi connectivity index (χ3n) is 2.59. The third kappa shape index (κ3) is 2.01. The van der Waals surface area contributed by atoms with Gasteiger partial charge in [0, 0.05) is 28.6 Å². The fraction of sp³-hybridized carbons (Fsp3) is 0.333. The largest absolute Gasteiger partial charge is 0.358 e. The molecule has 1 unspecified atom stereocenters. The highest BCUT2D eigenvalue weighted by Crippen LogP contribution is 2.25. The Labute approximate surface area is 94.4 Å². The molecule has 1 aromatic carbocycles. The maximum atomic E-state index is 6.06. The van der Waals surface area contributed by atoms with Gasteiger partial charge < -0.3 is 10.7 Å². The molecular weight excluding hydrogens is 208 g/mol. The lowest BCUT2D eigenvalue weighted by molar-refractivity contribution is 0.727. The summed E-state index contributed by atoms with van der Waals surface area (Å²) in [5.74, 6) is 0. The van der Waals surface area contributed by atoms with Crippen molar-refractivity contribution >= 4 is 22.5 Å². The predicted octanol–water partition coefficient (Wildman–Crippen LogP) is 3.02. The van der Waals surface area contributed by atoms with E-state index in [0.717, 1.165) is 22.5 Å². The molecule has 15 heavy (non-hydrogen) atoms. The van der Waals surface area contributed by atoms with Crippen LogP contribution in [0.2, 0.25) is 5.02 Å². The smallest absolute Gasteiger partial charge is 0.0500 e. The molecule has 0 bridgehead atoms. The lowest BCUT2D eigenvalue weighted by atomic mass is 10.1. The summed E-state index contributed by atoms with van der Waals surface area (Å²) < 4.78 is 0. The van der Waals surface area contributed by atoms with E-state index >= 15 is 0 Å². The van der Waals surface area contributed by atoms with Crippen molar-refractivity contribution in [2.45, 2.75) is 26.3 Å². The zero-order valence-corrected chi connectivity index (χ0v) is 9.73. The Balaban J connectivity index is 2.51. The maximum absolute atomic E-state index is 6.06. The number of aromatic nitrogens is 1. The number of fused-ring (bicyclic) bond motifs is 1. The van der Waals surface area contributed by atoms with Gasteiger partial charge in [0.25, 0.3) is 0 Å². The topological polar surface area (TPSA) is 41.8 Å². The number of H-pyrrole nitrogens is 1. The van der Waals surface area contributed by atoms with Crippen molar-refractivity contribution in [2.24, 2.45) is 5.73 Å². The van der Waals surface area contributed by atoms with E-state index < -0.39 is 0 Å². The summed E-state index contributed by atoms with van der Waals surface area (Å²) in [4.78, 5) is 3.37. The van der Waals surface area contributed by atoms with Gasteiger partial charge in [0.15, 0.2) is 0 Å². The average molecular weight is 223 g/mol. The number of hydrogen-bond donors (Lipinski definition) is 2. The van der Waals surface area contributed by atoms with Crippen molar-refractivity contribution in [1.29, 1.82) is 0 Å². The van der Waals surface area contributed by atoms with Crippen molar-refractivity contribution in [3.05, 3.63) is 34.5 Å². The number of aryl methyl sites for hydroxylation is 1. The second-order valence-electron chi connectivity index (χ2n) is 4.11. The van der Waals surface area contributed by atoms with E-state index in [2.05, 4.69) is 11.1 Å². The van der Waals surface area contributed by atoms with E-state index in [4.69, 9.17) is 17.3 Å². The molecule has 0 aliphatic rings. The minimum absolute atomic E-state index is 0.175. The zero-order chi connectivity index (χ0) is 11.0. The number of rotatable bonds is 2. The fourth-order valence-electron chi connectivity index (χ4n) is 1.83. The normalized spacial score (nSPS) is 13.3. The van der Waals surface area contributed by atoms with E-state index in [1.165, 1.54) is 11.1 Å². The minimum atomic E-state index is 0.175. The molecular formula is C12H15ClN2. The molecule has 3 N–H and O–H groups in total. The van der Waals surface area contributed by atoms with E-state index in [0.29, 0.717) is 0 Å². The number of halogens is 1. The highest BCUT2D eigenvalue weighted by atomic mass is 35.5. The summed E-state index contributed by atoms with van der Waals surface area (Å²) in [5.41, 5.74) is 9.17. The fourth-order valence-corrected chi connectivity index (χ4v) is 1.99. The van der Waals surface area contributed by atoms with Gasteiger partial charge in [-0.25, -0.2) is 0 Å². The summed E-state index contributed by atoms with van der Waals surface area (Å²) in [6, 6.07) is 6.28. The lowest BCUT2D eigenvalue weighted by Crippen LogP contribution is -2.17. The van der Waals surface area contributed by atoms with Crippen LogP contribution in [0.1, 0.15) is 18.2 Å². The van der Waals surface area contributed by atoms with Gasteiger partial charge in [-0.05, 0) is 31.5 Å². The summed E-state index contributed by atoms with van der Waals surface area (Å²) in [6.45, 7) is 4.03. The quantitative estimate of drug-likeness (QED) is 0.806. The molecule has 0 spiro atoms. The minimum Gasteiger partial charge on any atom is -0.358 e. The third-order valence-corrected chi connectivity index (χ3v) is 3.00. The Bertz CT molecular complexity index is 486. The van der Waals surface area contributed by atoms with E-state index in [1.807, 2.05) is 26.0 Å². The van der Waals surface area contributed by atoms with Crippen molar-refractivity contribution in [2.75, 3.05) is 0 Å². The average Bonchev–Trinajstić information content (AvgIpc) is 2.54. The number of nitrogens with two attached hydrogens (primary N) is 1. The number of aromatic amines is 1. The van der Waals surface area contributed by atoms with Crippen LogP contribution in [0.3, 0.4) is 0 Å². The molecule has 0 saturated carbocycles. The molecule has 2 nitrogen and oxygen atoms in total. The van der Waals surface area contributed by atoms with Crippen LogP contribution in [0.25, 0.3) is 10.9 Å². The maximum Gasteiger partial charge on any atom is 0.0500 e. The Morgan fingerprint density at radius 1 is 1.47 bits per heavy atom. The first kappa shape index (κ1) is 10.5. The van der Waals surface area contributed by atoms with E-state index in [9.17, 15) is 0 Å². The lowest BCUT2D eigenvalue weighted by Gasteiger charge is -2.01. The second-order valence-corrected chi connectivity index (χ2v) is 4.52. The number of hydrogen-bond acceptors (Lipinski definition) is 1. The van der Waals surface area contributed by atoms with Gasteiger partial charge in [-0.2, -0.15) is 0 Å². The SMILES string of the molecule is Cc1c(Cl)ccc2cc(CC(C)N)[nH]c12. The molecule has 80 valence electrons. The summed E-state index contributed by atoms with van der Waals surface area (Å²) >= 11 is 6.06. The van der Waals surface area contributed by atoms with Crippen molar-refractivity contribution in [3.8, 4) is 0 Å². The van der Waals surface area contributed by atoms with Crippen molar-refractivity contribution in [1.82, 2.24) is 4.98 Å². The van der Waals surface area contributed by atoms with E-state index in [1.54, 1.807) is 0 Å². The number of nitrogens with one attached hydrogen (secondary N) is 1. The standard InChI is InChI=1S/C12H15ClN2/c1-7(14)5-10-6-9-3-4-11(13)8(2)12(9)15-10/h3-4,6-7,15H,5,14H2,1-2H3. The summed E-state index contributed by atoms with van der Waals surface area (Å²) in [5, 5.41) is 2.00. The van der Waals surface area contributed by atoms with Crippen molar-refractivity contribution < 1.29 is 0 Å². The van der Waals surface area contributed by atoms with Crippen molar-refractivity contribution in [3.63, 3.8) is 0 Å². The van der Waals surface area contributed by atoms with Crippen LogP contribution in [0.4, 0.5) is 0 Å². The molecule has 0 amide bonds.